The van der Waals surface area contributed by atoms with Crippen molar-refractivity contribution < 1.29 is 18.4 Å². The molecular formula is C30H38F2N6O2S. The Morgan fingerprint density at radius 1 is 1.20 bits per heavy atom. The van der Waals surface area contributed by atoms with Gasteiger partial charge in [-0.1, -0.05) is 44.0 Å². The number of alkyl halides is 2. The molecule has 1 aliphatic heterocycles. The molecule has 1 atom stereocenters. The van der Waals surface area contributed by atoms with Gasteiger partial charge in [0, 0.05) is 42.6 Å². The Bertz CT molecular complexity index is 1320. The number of carbonyl (C=O) groups is 2. The van der Waals surface area contributed by atoms with Crippen molar-refractivity contribution >= 4 is 28.3 Å². The zero-order valence-electron chi connectivity index (χ0n) is 23.5. The van der Waals surface area contributed by atoms with Crippen LogP contribution in [0.4, 0.5) is 13.9 Å². The van der Waals surface area contributed by atoms with Gasteiger partial charge in [-0.05, 0) is 50.3 Å². The SMILES string of the molecule is CCc1ccccc1-c1cc(C(=O)N[C@@H](CCN2CCCC(F)(F)C2)CC(=O)Nc2nccs2)nn1C1CCCC1. The third-order valence-corrected chi connectivity index (χ3v) is 8.71. The first-order valence-corrected chi connectivity index (χ1v) is 15.5. The van der Waals surface area contributed by atoms with Gasteiger partial charge in [0.2, 0.25) is 5.91 Å². The number of hydrogen-bond donors (Lipinski definition) is 2. The largest absolute Gasteiger partial charge is 0.347 e. The topological polar surface area (TPSA) is 92.2 Å². The molecule has 0 unspecified atom stereocenters. The molecule has 2 fully saturated rings. The van der Waals surface area contributed by atoms with E-state index in [1.165, 1.54) is 16.9 Å². The van der Waals surface area contributed by atoms with Gasteiger partial charge >= 0.3 is 0 Å². The Kier molecular flexibility index (Phi) is 9.44. The molecule has 0 radical (unpaired) electrons. The highest BCUT2D eigenvalue weighted by molar-refractivity contribution is 7.13. The van der Waals surface area contributed by atoms with Crippen molar-refractivity contribution in [1.82, 2.24) is 25.0 Å². The van der Waals surface area contributed by atoms with Gasteiger partial charge in [-0.25, -0.2) is 13.8 Å². The summed E-state index contributed by atoms with van der Waals surface area (Å²) in [6, 6.07) is 9.72. The highest BCUT2D eigenvalue weighted by atomic mass is 32.1. The van der Waals surface area contributed by atoms with E-state index in [1.807, 2.05) is 22.9 Å². The van der Waals surface area contributed by atoms with Crippen molar-refractivity contribution in [2.75, 3.05) is 25.0 Å². The number of halogens is 2. The molecule has 2 N–H and O–H groups in total. The average molecular weight is 585 g/mol. The summed E-state index contributed by atoms with van der Waals surface area (Å²) < 4.78 is 30.0. The number of nitrogens with one attached hydrogen (secondary N) is 2. The summed E-state index contributed by atoms with van der Waals surface area (Å²) in [5.41, 5.74) is 3.48. The van der Waals surface area contributed by atoms with Gasteiger partial charge in [0.25, 0.3) is 11.8 Å². The Morgan fingerprint density at radius 2 is 2.00 bits per heavy atom. The zero-order chi connectivity index (χ0) is 28.8. The van der Waals surface area contributed by atoms with E-state index >= 15 is 0 Å². The molecule has 1 saturated heterocycles. The van der Waals surface area contributed by atoms with Gasteiger partial charge in [0.1, 0.15) is 0 Å². The number of piperidine rings is 1. The summed E-state index contributed by atoms with van der Waals surface area (Å²) in [5.74, 6) is -3.37. The minimum absolute atomic E-state index is 0.00438. The lowest BCUT2D eigenvalue weighted by Gasteiger charge is -2.33. The van der Waals surface area contributed by atoms with Crippen LogP contribution >= 0.6 is 11.3 Å². The fraction of sp³-hybridized carbons (Fsp3) is 0.533. The van der Waals surface area contributed by atoms with Gasteiger partial charge in [0.05, 0.1) is 18.3 Å². The molecule has 2 amide bonds. The van der Waals surface area contributed by atoms with Crippen molar-refractivity contribution in [2.45, 2.75) is 82.7 Å². The summed E-state index contributed by atoms with van der Waals surface area (Å²) in [4.78, 5) is 32.3. The number of hydrogen-bond acceptors (Lipinski definition) is 6. The second-order valence-corrected chi connectivity index (χ2v) is 12.0. The lowest BCUT2D eigenvalue weighted by Crippen LogP contribution is -2.45. The second-order valence-electron chi connectivity index (χ2n) is 11.1. The second kappa shape index (κ2) is 13.2. The van der Waals surface area contributed by atoms with Crippen LogP contribution < -0.4 is 10.6 Å². The Balaban J connectivity index is 1.35. The standard InChI is InChI=1S/C30H38F2N6O2S/c1-2-21-8-3-6-11-24(21)26-19-25(36-38(26)23-9-4-5-10-23)28(40)34-22(18-27(39)35-29-33-14-17-41-29)12-16-37-15-7-13-30(31,32)20-37/h3,6,8,11,14,17,19,22-23H,2,4-5,7,9-10,12-13,15-16,18,20H2,1H3,(H,34,40)(H,33,35,39)/t22-/m0/s1. The van der Waals surface area contributed by atoms with Crippen LogP contribution in [0.25, 0.3) is 11.3 Å². The fourth-order valence-electron chi connectivity index (χ4n) is 5.95. The number of aromatic nitrogens is 3. The summed E-state index contributed by atoms with van der Waals surface area (Å²) in [7, 11) is 0. The van der Waals surface area contributed by atoms with Crippen LogP contribution in [0.2, 0.25) is 0 Å². The third-order valence-electron chi connectivity index (χ3n) is 8.02. The number of thiazole rings is 1. The number of anilines is 1. The molecule has 11 heteroatoms. The molecule has 41 heavy (non-hydrogen) atoms. The maximum absolute atomic E-state index is 14.0. The van der Waals surface area contributed by atoms with Crippen LogP contribution in [0.3, 0.4) is 0 Å². The summed E-state index contributed by atoms with van der Waals surface area (Å²) in [6.07, 6.45) is 7.45. The van der Waals surface area contributed by atoms with Crippen LogP contribution in [0.1, 0.15) is 80.4 Å². The number of rotatable bonds is 11. The van der Waals surface area contributed by atoms with Crippen LogP contribution in [0.5, 0.6) is 0 Å². The molecule has 2 aromatic heterocycles. The molecule has 2 aliphatic rings. The zero-order valence-corrected chi connectivity index (χ0v) is 24.3. The third kappa shape index (κ3) is 7.56. The molecule has 220 valence electrons. The van der Waals surface area contributed by atoms with Crippen LogP contribution in [-0.4, -0.2) is 63.1 Å². The number of amides is 2. The molecular weight excluding hydrogens is 546 g/mol. The van der Waals surface area contributed by atoms with E-state index in [0.717, 1.165) is 43.4 Å². The van der Waals surface area contributed by atoms with E-state index in [0.29, 0.717) is 36.8 Å². The summed E-state index contributed by atoms with van der Waals surface area (Å²) in [5, 5.41) is 12.8. The highest BCUT2D eigenvalue weighted by Crippen LogP contribution is 2.35. The van der Waals surface area contributed by atoms with Crippen LogP contribution in [0, 0.1) is 0 Å². The molecule has 8 nitrogen and oxygen atoms in total. The molecule has 1 aromatic carbocycles. The molecule has 5 rings (SSSR count). The van der Waals surface area contributed by atoms with E-state index in [1.54, 1.807) is 16.5 Å². The number of benzene rings is 1. The van der Waals surface area contributed by atoms with E-state index in [9.17, 15) is 18.4 Å². The van der Waals surface area contributed by atoms with Crippen molar-refractivity contribution in [3.63, 3.8) is 0 Å². The van der Waals surface area contributed by atoms with Crippen molar-refractivity contribution in [2.24, 2.45) is 0 Å². The molecule has 3 heterocycles. The first-order chi connectivity index (χ1) is 19.8. The maximum atomic E-state index is 14.0. The minimum atomic E-state index is -2.71. The highest BCUT2D eigenvalue weighted by Gasteiger charge is 2.35. The minimum Gasteiger partial charge on any atom is -0.347 e. The molecule has 1 saturated carbocycles. The van der Waals surface area contributed by atoms with Crippen molar-refractivity contribution in [3.8, 4) is 11.3 Å². The predicted molar refractivity (Wildman–Crippen MR) is 156 cm³/mol. The average Bonchev–Trinajstić information content (AvgIpc) is 3.73. The number of aryl methyl sites for hydroxylation is 1. The molecule has 3 aromatic rings. The van der Waals surface area contributed by atoms with E-state index in [-0.39, 0.29) is 37.2 Å². The first kappa shape index (κ1) is 29.3. The summed E-state index contributed by atoms with van der Waals surface area (Å²) >= 11 is 1.31. The van der Waals surface area contributed by atoms with E-state index in [2.05, 4.69) is 34.7 Å². The number of likely N-dealkylation sites (tertiary alicyclic amines) is 1. The monoisotopic (exact) mass is 584 g/mol. The Hall–Kier alpha value is -3.18. The van der Waals surface area contributed by atoms with Crippen LogP contribution in [0.15, 0.2) is 41.9 Å². The van der Waals surface area contributed by atoms with Gasteiger partial charge in [-0.15, -0.1) is 11.3 Å². The molecule has 0 bridgehead atoms. The molecule has 0 spiro atoms. The maximum Gasteiger partial charge on any atom is 0.272 e. The number of nitrogens with zero attached hydrogens (tertiary/aromatic N) is 4. The smallest absolute Gasteiger partial charge is 0.272 e. The normalized spacial score (nSPS) is 18.3. The number of carbonyl (C=O) groups excluding carboxylic acids is 2. The van der Waals surface area contributed by atoms with Gasteiger partial charge < -0.3 is 10.6 Å². The van der Waals surface area contributed by atoms with E-state index < -0.39 is 12.0 Å². The Labute approximate surface area is 243 Å². The van der Waals surface area contributed by atoms with Gasteiger partial charge in [-0.3, -0.25) is 19.2 Å². The lowest BCUT2D eigenvalue weighted by molar-refractivity contribution is -0.116. The Morgan fingerprint density at radius 3 is 2.73 bits per heavy atom. The van der Waals surface area contributed by atoms with Gasteiger partial charge in [0.15, 0.2) is 10.8 Å². The van der Waals surface area contributed by atoms with Gasteiger partial charge in [-0.2, -0.15) is 5.10 Å². The van der Waals surface area contributed by atoms with E-state index in [4.69, 9.17) is 5.10 Å². The van der Waals surface area contributed by atoms with Crippen LogP contribution in [-0.2, 0) is 11.2 Å². The summed E-state index contributed by atoms with van der Waals surface area (Å²) in [6.45, 7) is 2.75. The first-order valence-electron chi connectivity index (χ1n) is 14.6. The van der Waals surface area contributed by atoms with Crippen molar-refractivity contribution in [1.29, 1.82) is 0 Å². The predicted octanol–water partition coefficient (Wildman–Crippen LogP) is 5.93. The van der Waals surface area contributed by atoms with Crippen molar-refractivity contribution in [3.05, 3.63) is 53.2 Å². The molecule has 1 aliphatic carbocycles. The lowest BCUT2D eigenvalue weighted by atomic mass is 10.0. The fourth-order valence-corrected chi connectivity index (χ4v) is 6.50. The quantitative estimate of drug-likeness (QED) is 0.291.